The van der Waals surface area contributed by atoms with Gasteiger partial charge in [-0.15, -0.1) is 0 Å². The van der Waals surface area contributed by atoms with Crippen molar-refractivity contribution in [3.8, 4) is 0 Å². The number of nitrogens with one attached hydrogen (secondary N) is 1. The van der Waals surface area contributed by atoms with Crippen LogP contribution in [0.5, 0.6) is 0 Å². The number of hydrogen-bond donors (Lipinski definition) is 2. The highest BCUT2D eigenvalue weighted by molar-refractivity contribution is 9.10. The molecule has 2 N–H and O–H groups in total. The summed E-state index contributed by atoms with van der Waals surface area (Å²) in [5.74, 6) is 1.70. The number of halogens is 1. The smallest absolute Gasteiger partial charge is 0.148 e. The van der Waals surface area contributed by atoms with Gasteiger partial charge in [0, 0.05) is 19.1 Å². The van der Waals surface area contributed by atoms with E-state index in [-0.39, 0.29) is 6.61 Å². The van der Waals surface area contributed by atoms with Crippen LogP contribution in [0, 0.1) is 0 Å². The molecule has 0 unspecified atom stereocenters. The van der Waals surface area contributed by atoms with Crippen LogP contribution < -0.4 is 10.2 Å². The van der Waals surface area contributed by atoms with Gasteiger partial charge >= 0.3 is 0 Å². The zero-order chi connectivity index (χ0) is 14.4. The van der Waals surface area contributed by atoms with E-state index < -0.39 is 0 Å². The molecule has 112 valence electrons. The molecule has 1 aliphatic rings. The van der Waals surface area contributed by atoms with Crippen LogP contribution in [0.3, 0.4) is 0 Å². The quantitative estimate of drug-likeness (QED) is 0.832. The van der Waals surface area contributed by atoms with E-state index in [2.05, 4.69) is 36.1 Å². The molecule has 0 saturated heterocycles. The summed E-state index contributed by atoms with van der Waals surface area (Å²) in [5.41, 5.74) is 0. The molecule has 0 atom stereocenters. The summed E-state index contributed by atoms with van der Waals surface area (Å²) in [4.78, 5) is 10.9. The number of nitrogens with zero attached hydrogens (tertiary/aromatic N) is 3. The van der Waals surface area contributed by atoms with Crippen molar-refractivity contribution in [2.45, 2.75) is 45.1 Å². The number of aromatic nitrogens is 2. The maximum atomic E-state index is 9.38. The zero-order valence-corrected chi connectivity index (χ0v) is 13.6. The zero-order valence-electron chi connectivity index (χ0n) is 12.0. The van der Waals surface area contributed by atoms with Crippen LogP contribution in [-0.4, -0.2) is 40.8 Å². The van der Waals surface area contributed by atoms with E-state index in [1.807, 2.05) is 6.92 Å². The Morgan fingerprint density at radius 3 is 2.75 bits per heavy atom. The Morgan fingerprint density at radius 2 is 2.10 bits per heavy atom. The van der Waals surface area contributed by atoms with Gasteiger partial charge in [0.05, 0.1) is 6.61 Å². The number of anilines is 2. The number of rotatable bonds is 6. The number of hydrogen-bond acceptors (Lipinski definition) is 5. The molecule has 0 amide bonds. The third-order valence-electron chi connectivity index (χ3n) is 3.74. The molecule has 1 aromatic rings. The van der Waals surface area contributed by atoms with E-state index >= 15 is 0 Å². The lowest BCUT2D eigenvalue weighted by atomic mass is 9.94. The van der Waals surface area contributed by atoms with Gasteiger partial charge in [-0.05, 0) is 35.7 Å². The first-order valence-corrected chi connectivity index (χ1v) is 8.19. The van der Waals surface area contributed by atoms with E-state index in [1.54, 1.807) is 6.33 Å². The lowest BCUT2D eigenvalue weighted by molar-refractivity contribution is 0.289. The van der Waals surface area contributed by atoms with Gasteiger partial charge in [0.1, 0.15) is 22.4 Å². The van der Waals surface area contributed by atoms with Crippen LogP contribution in [0.1, 0.15) is 39.0 Å². The highest BCUT2D eigenvalue weighted by atomic mass is 79.9. The molecule has 1 fully saturated rings. The Kier molecular flexibility index (Phi) is 6.04. The summed E-state index contributed by atoms with van der Waals surface area (Å²) >= 11 is 3.61. The van der Waals surface area contributed by atoms with Crippen molar-refractivity contribution >= 4 is 27.6 Å². The molecule has 5 nitrogen and oxygen atoms in total. The predicted molar refractivity (Wildman–Crippen MR) is 85.2 cm³/mol. The van der Waals surface area contributed by atoms with Crippen LogP contribution >= 0.6 is 15.9 Å². The Balaban J connectivity index is 2.25. The molecular weight excluding hydrogens is 320 g/mol. The fraction of sp³-hybridized carbons (Fsp3) is 0.714. The van der Waals surface area contributed by atoms with Crippen molar-refractivity contribution in [2.75, 3.05) is 29.9 Å². The molecular formula is C14H23BrN4O. The average Bonchev–Trinajstić information content (AvgIpc) is 2.49. The van der Waals surface area contributed by atoms with Gasteiger partial charge < -0.3 is 15.3 Å². The summed E-state index contributed by atoms with van der Waals surface area (Å²) in [6.45, 7) is 3.62. The SMILES string of the molecule is CCNc1ncnc(N(CCO)C2CCCCC2)c1Br. The fourth-order valence-electron chi connectivity index (χ4n) is 2.81. The minimum atomic E-state index is 0.142. The minimum Gasteiger partial charge on any atom is -0.395 e. The molecule has 0 radical (unpaired) electrons. The van der Waals surface area contributed by atoms with Crippen molar-refractivity contribution in [3.63, 3.8) is 0 Å². The summed E-state index contributed by atoms with van der Waals surface area (Å²) in [7, 11) is 0. The molecule has 0 aliphatic heterocycles. The molecule has 1 aromatic heterocycles. The van der Waals surface area contributed by atoms with E-state index in [0.29, 0.717) is 12.6 Å². The van der Waals surface area contributed by atoms with Crippen molar-refractivity contribution in [2.24, 2.45) is 0 Å². The van der Waals surface area contributed by atoms with Gasteiger partial charge in [-0.25, -0.2) is 9.97 Å². The first-order valence-electron chi connectivity index (χ1n) is 7.39. The number of aliphatic hydroxyl groups excluding tert-OH is 1. The molecule has 1 heterocycles. The monoisotopic (exact) mass is 342 g/mol. The topological polar surface area (TPSA) is 61.3 Å². The fourth-order valence-corrected chi connectivity index (χ4v) is 3.39. The molecule has 1 aliphatic carbocycles. The Labute approximate surface area is 128 Å². The van der Waals surface area contributed by atoms with Crippen molar-refractivity contribution in [3.05, 3.63) is 10.8 Å². The average molecular weight is 343 g/mol. The molecule has 2 rings (SSSR count). The Morgan fingerprint density at radius 1 is 1.35 bits per heavy atom. The highest BCUT2D eigenvalue weighted by Gasteiger charge is 2.24. The van der Waals surface area contributed by atoms with Crippen LogP contribution in [0.2, 0.25) is 0 Å². The van der Waals surface area contributed by atoms with Gasteiger partial charge in [0.2, 0.25) is 0 Å². The maximum Gasteiger partial charge on any atom is 0.148 e. The second kappa shape index (κ2) is 7.78. The van der Waals surface area contributed by atoms with E-state index in [0.717, 1.165) is 22.7 Å². The van der Waals surface area contributed by atoms with Crippen molar-refractivity contribution < 1.29 is 5.11 Å². The second-order valence-corrected chi connectivity index (χ2v) is 5.89. The second-order valence-electron chi connectivity index (χ2n) is 5.10. The lowest BCUT2D eigenvalue weighted by Gasteiger charge is -2.35. The van der Waals surface area contributed by atoms with Gasteiger partial charge in [-0.3, -0.25) is 0 Å². The van der Waals surface area contributed by atoms with E-state index in [9.17, 15) is 5.11 Å². The number of aliphatic hydroxyl groups is 1. The van der Waals surface area contributed by atoms with Gasteiger partial charge in [0.25, 0.3) is 0 Å². The summed E-state index contributed by atoms with van der Waals surface area (Å²) in [6.07, 6.45) is 7.77. The predicted octanol–water partition coefficient (Wildman–Crippen LogP) is 2.80. The molecule has 20 heavy (non-hydrogen) atoms. The minimum absolute atomic E-state index is 0.142. The Bertz CT molecular complexity index is 424. The van der Waals surface area contributed by atoms with E-state index in [1.165, 1.54) is 32.1 Å². The highest BCUT2D eigenvalue weighted by Crippen LogP contribution is 2.33. The van der Waals surface area contributed by atoms with Crippen molar-refractivity contribution in [1.29, 1.82) is 0 Å². The summed E-state index contributed by atoms with van der Waals surface area (Å²) in [5, 5.41) is 12.6. The molecule has 6 heteroatoms. The standard InChI is InChI=1S/C14H23BrN4O/c1-2-16-13-12(15)14(18-10-17-13)19(8-9-20)11-6-4-3-5-7-11/h10-11,20H,2-9H2,1H3,(H,16,17,18). The van der Waals surface area contributed by atoms with Gasteiger partial charge in [0.15, 0.2) is 0 Å². The summed E-state index contributed by atoms with van der Waals surface area (Å²) < 4.78 is 0.890. The van der Waals surface area contributed by atoms with E-state index in [4.69, 9.17) is 0 Å². The van der Waals surface area contributed by atoms with Crippen LogP contribution in [0.4, 0.5) is 11.6 Å². The lowest BCUT2D eigenvalue weighted by Crippen LogP contribution is -2.39. The maximum absolute atomic E-state index is 9.38. The normalized spacial score (nSPS) is 16.1. The summed E-state index contributed by atoms with van der Waals surface area (Å²) in [6, 6.07) is 0.469. The third kappa shape index (κ3) is 3.61. The van der Waals surface area contributed by atoms with Gasteiger partial charge in [-0.2, -0.15) is 0 Å². The largest absolute Gasteiger partial charge is 0.395 e. The molecule has 1 saturated carbocycles. The Hall–Kier alpha value is -0.880. The molecule has 0 aromatic carbocycles. The van der Waals surface area contributed by atoms with Crippen LogP contribution in [0.25, 0.3) is 0 Å². The third-order valence-corrected chi connectivity index (χ3v) is 4.47. The van der Waals surface area contributed by atoms with Crippen LogP contribution in [0.15, 0.2) is 10.8 Å². The molecule has 0 bridgehead atoms. The van der Waals surface area contributed by atoms with Crippen LogP contribution in [-0.2, 0) is 0 Å². The molecule has 0 spiro atoms. The first-order chi connectivity index (χ1) is 9.77. The first kappa shape index (κ1) is 15.5. The van der Waals surface area contributed by atoms with Crippen molar-refractivity contribution in [1.82, 2.24) is 9.97 Å². The van der Waals surface area contributed by atoms with Gasteiger partial charge in [-0.1, -0.05) is 19.3 Å².